The summed E-state index contributed by atoms with van der Waals surface area (Å²) in [6, 6.07) is 5.20. The van der Waals surface area contributed by atoms with Crippen molar-refractivity contribution in [2.75, 3.05) is 6.54 Å². The van der Waals surface area contributed by atoms with Crippen molar-refractivity contribution >= 4 is 5.69 Å². The lowest BCUT2D eigenvalue weighted by molar-refractivity contribution is -0.386. The van der Waals surface area contributed by atoms with Crippen molar-refractivity contribution in [3.63, 3.8) is 0 Å². The molecule has 0 saturated heterocycles. The molecule has 0 fully saturated rings. The quantitative estimate of drug-likeness (QED) is 0.554. The number of hydrogen-bond donors (Lipinski definition) is 1. The fourth-order valence-corrected chi connectivity index (χ4v) is 2.06. The molecule has 1 aromatic rings. The van der Waals surface area contributed by atoms with E-state index >= 15 is 0 Å². The predicted molar refractivity (Wildman–Crippen MR) is 84.6 cm³/mol. The predicted octanol–water partition coefficient (Wildman–Crippen LogP) is 3.91. The van der Waals surface area contributed by atoms with Crippen LogP contribution in [0.1, 0.15) is 46.1 Å². The van der Waals surface area contributed by atoms with Crippen molar-refractivity contribution in [1.82, 2.24) is 5.32 Å². The molecule has 0 heterocycles. The SMILES string of the molecule is CCC(CC)Oc1ccc(CNCC(C)C)cc1[N+](=O)[O-]. The van der Waals surface area contributed by atoms with Gasteiger partial charge in [-0.2, -0.15) is 0 Å². The molecule has 21 heavy (non-hydrogen) atoms. The molecule has 0 aliphatic rings. The van der Waals surface area contributed by atoms with E-state index in [9.17, 15) is 10.1 Å². The van der Waals surface area contributed by atoms with Crippen LogP contribution in [0.4, 0.5) is 5.69 Å². The van der Waals surface area contributed by atoms with Crippen LogP contribution < -0.4 is 10.1 Å². The summed E-state index contributed by atoms with van der Waals surface area (Å²) in [6.45, 7) is 9.81. The van der Waals surface area contributed by atoms with Gasteiger partial charge in [-0.3, -0.25) is 10.1 Å². The second kappa shape index (κ2) is 8.62. The Balaban J connectivity index is 2.83. The van der Waals surface area contributed by atoms with Gasteiger partial charge in [0.1, 0.15) is 0 Å². The number of benzene rings is 1. The summed E-state index contributed by atoms with van der Waals surface area (Å²) < 4.78 is 5.74. The molecule has 0 spiro atoms. The van der Waals surface area contributed by atoms with Crippen molar-refractivity contribution in [2.24, 2.45) is 5.92 Å². The topological polar surface area (TPSA) is 64.4 Å². The van der Waals surface area contributed by atoms with E-state index in [1.165, 1.54) is 0 Å². The number of ether oxygens (including phenoxy) is 1. The van der Waals surface area contributed by atoms with E-state index in [0.29, 0.717) is 18.2 Å². The third-order valence-electron chi connectivity index (χ3n) is 3.31. The summed E-state index contributed by atoms with van der Waals surface area (Å²) in [4.78, 5) is 10.8. The van der Waals surface area contributed by atoms with Crippen LogP contribution >= 0.6 is 0 Å². The van der Waals surface area contributed by atoms with E-state index in [1.54, 1.807) is 12.1 Å². The molecule has 0 atom stereocenters. The first kappa shape index (κ1) is 17.4. The number of hydrogen-bond acceptors (Lipinski definition) is 4. The van der Waals surface area contributed by atoms with E-state index in [4.69, 9.17) is 4.74 Å². The number of nitrogens with zero attached hydrogens (tertiary/aromatic N) is 1. The number of rotatable bonds is 9. The fourth-order valence-electron chi connectivity index (χ4n) is 2.06. The van der Waals surface area contributed by atoms with Crippen LogP contribution in [-0.4, -0.2) is 17.6 Å². The second-order valence-corrected chi connectivity index (χ2v) is 5.64. The minimum atomic E-state index is -0.371. The van der Waals surface area contributed by atoms with E-state index in [2.05, 4.69) is 19.2 Å². The van der Waals surface area contributed by atoms with Crippen LogP contribution in [0.5, 0.6) is 5.75 Å². The first-order chi connectivity index (χ1) is 9.97. The first-order valence-corrected chi connectivity index (χ1v) is 7.62. The van der Waals surface area contributed by atoms with Crippen LogP contribution in [0, 0.1) is 16.0 Å². The fraction of sp³-hybridized carbons (Fsp3) is 0.625. The third kappa shape index (κ3) is 5.71. The van der Waals surface area contributed by atoms with Gasteiger partial charge in [-0.15, -0.1) is 0 Å². The Hall–Kier alpha value is -1.62. The third-order valence-corrected chi connectivity index (χ3v) is 3.31. The van der Waals surface area contributed by atoms with Crippen molar-refractivity contribution < 1.29 is 9.66 Å². The highest BCUT2D eigenvalue weighted by atomic mass is 16.6. The molecule has 0 aliphatic carbocycles. The molecular formula is C16H26N2O3. The number of nitro benzene ring substituents is 1. The lowest BCUT2D eigenvalue weighted by Crippen LogP contribution is -2.19. The standard InChI is InChI=1S/C16H26N2O3/c1-5-14(6-2)21-16-8-7-13(9-15(16)18(19)20)11-17-10-12(3)4/h7-9,12,14,17H,5-6,10-11H2,1-4H3. The van der Waals surface area contributed by atoms with Gasteiger partial charge in [0.05, 0.1) is 11.0 Å². The van der Waals surface area contributed by atoms with Gasteiger partial charge in [0.2, 0.25) is 0 Å². The zero-order valence-corrected chi connectivity index (χ0v) is 13.4. The van der Waals surface area contributed by atoms with Gasteiger partial charge in [-0.05, 0) is 36.9 Å². The summed E-state index contributed by atoms with van der Waals surface area (Å²) >= 11 is 0. The Bertz CT molecular complexity index is 457. The van der Waals surface area contributed by atoms with E-state index < -0.39 is 0 Å². The summed E-state index contributed by atoms with van der Waals surface area (Å²) in [5.41, 5.74) is 0.949. The summed E-state index contributed by atoms with van der Waals surface area (Å²) in [7, 11) is 0. The van der Waals surface area contributed by atoms with Crippen molar-refractivity contribution in [1.29, 1.82) is 0 Å². The van der Waals surface area contributed by atoms with Gasteiger partial charge >= 0.3 is 5.69 Å². The first-order valence-electron chi connectivity index (χ1n) is 7.62. The van der Waals surface area contributed by atoms with Crippen LogP contribution in [0.25, 0.3) is 0 Å². The maximum Gasteiger partial charge on any atom is 0.311 e. The smallest absolute Gasteiger partial charge is 0.311 e. The summed E-state index contributed by atoms with van der Waals surface area (Å²) in [5.74, 6) is 0.916. The largest absolute Gasteiger partial charge is 0.484 e. The highest BCUT2D eigenvalue weighted by molar-refractivity contribution is 5.48. The molecule has 0 saturated carbocycles. The Kier molecular flexibility index (Phi) is 7.15. The normalized spacial score (nSPS) is 11.1. The highest BCUT2D eigenvalue weighted by Crippen LogP contribution is 2.29. The van der Waals surface area contributed by atoms with Gasteiger partial charge in [0.25, 0.3) is 0 Å². The minimum absolute atomic E-state index is 0.0219. The Labute approximate surface area is 126 Å². The lowest BCUT2D eigenvalue weighted by Gasteiger charge is -2.16. The average molecular weight is 294 g/mol. The molecule has 0 amide bonds. The van der Waals surface area contributed by atoms with Gasteiger partial charge < -0.3 is 10.1 Å². The molecule has 1 rings (SSSR count). The lowest BCUT2D eigenvalue weighted by atomic mass is 10.1. The van der Waals surface area contributed by atoms with Crippen LogP contribution in [0.3, 0.4) is 0 Å². The molecule has 0 aliphatic heterocycles. The molecule has 0 bridgehead atoms. The summed E-state index contributed by atoms with van der Waals surface area (Å²) in [6.07, 6.45) is 1.70. The Morgan fingerprint density at radius 3 is 2.48 bits per heavy atom. The van der Waals surface area contributed by atoms with Crippen LogP contribution in [0.2, 0.25) is 0 Å². The molecule has 0 aromatic heterocycles. The van der Waals surface area contributed by atoms with E-state index in [1.807, 2.05) is 19.9 Å². The van der Waals surface area contributed by atoms with E-state index in [-0.39, 0.29) is 16.7 Å². The van der Waals surface area contributed by atoms with Crippen molar-refractivity contribution in [3.05, 3.63) is 33.9 Å². The molecule has 0 unspecified atom stereocenters. The maximum atomic E-state index is 11.2. The zero-order chi connectivity index (χ0) is 15.8. The number of nitrogens with one attached hydrogen (secondary N) is 1. The molecule has 5 nitrogen and oxygen atoms in total. The van der Waals surface area contributed by atoms with E-state index in [0.717, 1.165) is 24.9 Å². The molecule has 118 valence electrons. The summed E-state index contributed by atoms with van der Waals surface area (Å²) in [5, 5.41) is 14.5. The minimum Gasteiger partial charge on any atom is -0.484 e. The maximum absolute atomic E-state index is 11.2. The number of nitro groups is 1. The van der Waals surface area contributed by atoms with Crippen LogP contribution in [0.15, 0.2) is 18.2 Å². The molecular weight excluding hydrogens is 268 g/mol. The second-order valence-electron chi connectivity index (χ2n) is 5.64. The molecule has 1 aromatic carbocycles. The van der Waals surface area contributed by atoms with Gasteiger partial charge in [0, 0.05) is 12.6 Å². The molecule has 5 heteroatoms. The average Bonchev–Trinajstić information content (AvgIpc) is 2.45. The van der Waals surface area contributed by atoms with Crippen molar-refractivity contribution in [3.8, 4) is 5.75 Å². The molecule has 1 N–H and O–H groups in total. The molecule has 0 radical (unpaired) electrons. The van der Waals surface area contributed by atoms with Gasteiger partial charge in [-0.1, -0.05) is 33.8 Å². The van der Waals surface area contributed by atoms with Gasteiger partial charge in [0.15, 0.2) is 5.75 Å². The highest BCUT2D eigenvalue weighted by Gasteiger charge is 2.18. The monoisotopic (exact) mass is 294 g/mol. The van der Waals surface area contributed by atoms with Crippen molar-refractivity contribution in [2.45, 2.75) is 53.2 Å². The Morgan fingerprint density at radius 2 is 1.95 bits per heavy atom. The van der Waals surface area contributed by atoms with Crippen LogP contribution in [-0.2, 0) is 6.54 Å². The Morgan fingerprint density at radius 1 is 1.29 bits per heavy atom. The zero-order valence-electron chi connectivity index (χ0n) is 13.4. The van der Waals surface area contributed by atoms with Gasteiger partial charge in [-0.25, -0.2) is 0 Å².